The molecule has 4 rings (SSSR count). The molecule has 3 aromatic rings. The molecule has 0 bridgehead atoms. The fraction of sp³-hybridized carbons (Fsp3) is 0.269. The van der Waals surface area contributed by atoms with Crippen LogP contribution in [-0.4, -0.2) is 45.3 Å². The number of carbonyl (C=O) groups excluding carboxylic acids is 1. The molecule has 1 aliphatic heterocycles. The highest BCUT2D eigenvalue weighted by molar-refractivity contribution is 5.95. The van der Waals surface area contributed by atoms with Crippen LogP contribution in [0.3, 0.4) is 0 Å². The number of hydrogen-bond acceptors (Lipinski definition) is 5. The molecule has 33 heavy (non-hydrogen) atoms. The summed E-state index contributed by atoms with van der Waals surface area (Å²) in [6, 6.07) is 16.4. The van der Waals surface area contributed by atoms with Gasteiger partial charge in [-0.2, -0.15) is 0 Å². The smallest absolute Gasteiger partial charge is 0.254 e. The molecule has 0 fully saturated rings. The molecule has 6 nitrogen and oxygen atoms in total. The highest BCUT2D eigenvalue weighted by atomic mass is 19.1. The van der Waals surface area contributed by atoms with Crippen molar-refractivity contribution in [2.75, 3.05) is 34.5 Å². The summed E-state index contributed by atoms with van der Waals surface area (Å²) in [6.07, 6.45) is 0.665. The predicted molar refractivity (Wildman–Crippen MR) is 122 cm³/mol. The number of fused-ring (bicyclic) bond motifs is 1. The van der Waals surface area contributed by atoms with Gasteiger partial charge in [-0.15, -0.1) is 0 Å². The Hall–Kier alpha value is -3.74. The van der Waals surface area contributed by atoms with Crippen LogP contribution in [-0.2, 0) is 6.42 Å². The van der Waals surface area contributed by atoms with Crippen LogP contribution < -0.4 is 18.9 Å². The van der Waals surface area contributed by atoms with Gasteiger partial charge in [-0.3, -0.25) is 4.79 Å². The predicted octanol–water partition coefficient (Wildman–Crippen LogP) is 4.67. The van der Waals surface area contributed by atoms with Crippen LogP contribution in [0.1, 0.15) is 27.5 Å². The fourth-order valence-electron chi connectivity index (χ4n) is 4.08. The molecule has 1 amide bonds. The van der Waals surface area contributed by atoms with E-state index in [2.05, 4.69) is 0 Å². The Morgan fingerprint density at radius 3 is 2.36 bits per heavy atom. The van der Waals surface area contributed by atoms with Gasteiger partial charge in [-0.05, 0) is 72.1 Å². The second-order valence-electron chi connectivity index (χ2n) is 7.67. The first kappa shape index (κ1) is 22.5. The molecule has 0 N–H and O–H groups in total. The molecule has 0 saturated heterocycles. The summed E-state index contributed by atoms with van der Waals surface area (Å²) in [6.45, 7) is 0.708. The van der Waals surface area contributed by atoms with E-state index in [9.17, 15) is 9.18 Å². The lowest BCUT2D eigenvalue weighted by Gasteiger charge is -2.37. The van der Waals surface area contributed by atoms with Crippen molar-refractivity contribution in [2.24, 2.45) is 0 Å². The molecule has 0 unspecified atom stereocenters. The second-order valence-corrected chi connectivity index (χ2v) is 7.67. The number of nitrogens with zero attached hydrogens (tertiary/aromatic N) is 1. The Morgan fingerprint density at radius 2 is 1.67 bits per heavy atom. The zero-order chi connectivity index (χ0) is 23.4. The van der Waals surface area contributed by atoms with Crippen LogP contribution in [0.4, 0.5) is 4.39 Å². The average molecular weight is 451 g/mol. The highest BCUT2D eigenvalue weighted by Gasteiger charge is 2.33. The van der Waals surface area contributed by atoms with Gasteiger partial charge < -0.3 is 23.8 Å². The number of ether oxygens (including phenoxy) is 4. The van der Waals surface area contributed by atoms with Gasteiger partial charge in [0.05, 0.1) is 27.4 Å². The third-order valence-electron chi connectivity index (χ3n) is 5.80. The first-order valence-corrected chi connectivity index (χ1v) is 10.6. The van der Waals surface area contributed by atoms with Crippen LogP contribution in [0.25, 0.3) is 0 Å². The van der Waals surface area contributed by atoms with Crippen molar-refractivity contribution in [2.45, 2.75) is 12.5 Å². The molecule has 7 heteroatoms. The standard InChI is InChI=1S/C26H26FNO5/c1-30-21-6-4-5-18(13-21)26(29)28-12-11-17-14-24(31-2)25(32-3)15-22(17)23(28)16-33-20-9-7-19(27)8-10-20/h4-10,13-15,23H,11-12,16H2,1-3H3/t23-/m0/s1. The van der Waals surface area contributed by atoms with Crippen molar-refractivity contribution in [3.63, 3.8) is 0 Å². The summed E-state index contributed by atoms with van der Waals surface area (Å²) in [7, 11) is 4.75. The minimum absolute atomic E-state index is 0.123. The lowest BCUT2D eigenvalue weighted by Crippen LogP contribution is -2.42. The maximum Gasteiger partial charge on any atom is 0.254 e. The maximum atomic E-state index is 13.5. The molecule has 0 aromatic heterocycles. The number of methoxy groups -OCH3 is 3. The minimum Gasteiger partial charge on any atom is -0.497 e. The summed E-state index contributed by atoms with van der Waals surface area (Å²) in [4.78, 5) is 15.3. The molecule has 0 aliphatic carbocycles. The van der Waals surface area contributed by atoms with Gasteiger partial charge in [0.2, 0.25) is 0 Å². The van der Waals surface area contributed by atoms with E-state index in [0.29, 0.717) is 41.5 Å². The Morgan fingerprint density at radius 1 is 0.939 bits per heavy atom. The Bertz CT molecular complexity index is 1130. The number of amides is 1. The van der Waals surface area contributed by atoms with Gasteiger partial charge in [0.15, 0.2) is 11.5 Å². The number of benzene rings is 3. The highest BCUT2D eigenvalue weighted by Crippen LogP contribution is 2.39. The van der Waals surface area contributed by atoms with Crippen LogP contribution >= 0.6 is 0 Å². The van der Waals surface area contributed by atoms with E-state index in [1.165, 1.54) is 12.1 Å². The topological polar surface area (TPSA) is 57.2 Å². The molecule has 1 atom stereocenters. The number of halogens is 1. The SMILES string of the molecule is COc1cccc(C(=O)N2CCc3cc(OC)c(OC)cc3[C@@H]2COc2ccc(F)cc2)c1. The lowest BCUT2D eigenvalue weighted by atomic mass is 9.91. The van der Waals surface area contributed by atoms with Gasteiger partial charge in [0.25, 0.3) is 5.91 Å². The summed E-state index contributed by atoms with van der Waals surface area (Å²) in [5, 5.41) is 0. The van der Waals surface area contributed by atoms with Gasteiger partial charge in [0, 0.05) is 12.1 Å². The largest absolute Gasteiger partial charge is 0.497 e. The lowest BCUT2D eigenvalue weighted by molar-refractivity contribution is 0.0589. The molecule has 172 valence electrons. The van der Waals surface area contributed by atoms with E-state index in [-0.39, 0.29) is 24.4 Å². The Kier molecular flexibility index (Phi) is 6.68. The van der Waals surface area contributed by atoms with E-state index >= 15 is 0 Å². The molecule has 1 aliphatic rings. The molecule has 0 saturated carbocycles. The van der Waals surface area contributed by atoms with E-state index in [0.717, 1.165) is 11.1 Å². The molecular formula is C26H26FNO5. The zero-order valence-corrected chi connectivity index (χ0v) is 18.8. The minimum atomic E-state index is -0.377. The number of carbonyl (C=O) groups is 1. The average Bonchev–Trinajstić information content (AvgIpc) is 2.86. The van der Waals surface area contributed by atoms with Crippen molar-refractivity contribution in [3.05, 3.63) is 83.2 Å². The van der Waals surface area contributed by atoms with Gasteiger partial charge >= 0.3 is 0 Å². The van der Waals surface area contributed by atoms with Crippen molar-refractivity contribution in [1.29, 1.82) is 0 Å². The van der Waals surface area contributed by atoms with Gasteiger partial charge in [-0.25, -0.2) is 4.39 Å². The number of rotatable bonds is 7. The molecule has 0 radical (unpaired) electrons. The quantitative estimate of drug-likeness (QED) is 0.523. The van der Waals surface area contributed by atoms with Gasteiger partial charge in [-0.1, -0.05) is 6.07 Å². The van der Waals surface area contributed by atoms with Gasteiger partial charge in [0.1, 0.15) is 23.9 Å². The van der Waals surface area contributed by atoms with Crippen LogP contribution in [0.2, 0.25) is 0 Å². The monoisotopic (exact) mass is 451 g/mol. The van der Waals surface area contributed by atoms with Crippen molar-refractivity contribution in [1.82, 2.24) is 4.90 Å². The van der Waals surface area contributed by atoms with Crippen molar-refractivity contribution < 1.29 is 28.1 Å². The molecule has 1 heterocycles. The first-order chi connectivity index (χ1) is 16.0. The molecular weight excluding hydrogens is 425 g/mol. The zero-order valence-electron chi connectivity index (χ0n) is 18.8. The summed E-state index contributed by atoms with van der Waals surface area (Å²) in [5.41, 5.74) is 2.53. The van der Waals surface area contributed by atoms with E-state index < -0.39 is 0 Å². The van der Waals surface area contributed by atoms with Crippen LogP contribution in [0, 0.1) is 5.82 Å². The first-order valence-electron chi connectivity index (χ1n) is 10.6. The number of hydrogen-bond donors (Lipinski definition) is 0. The van der Waals surface area contributed by atoms with Crippen molar-refractivity contribution >= 4 is 5.91 Å². The van der Waals surface area contributed by atoms with E-state index in [1.54, 1.807) is 62.6 Å². The van der Waals surface area contributed by atoms with E-state index in [4.69, 9.17) is 18.9 Å². The normalized spacial score (nSPS) is 14.9. The third-order valence-corrected chi connectivity index (χ3v) is 5.80. The van der Waals surface area contributed by atoms with Crippen LogP contribution in [0.15, 0.2) is 60.7 Å². The van der Waals surface area contributed by atoms with Crippen molar-refractivity contribution in [3.8, 4) is 23.0 Å². The maximum absolute atomic E-state index is 13.5. The molecule has 3 aromatic carbocycles. The van der Waals surface area contributed by atoms with E-state index in [1.807, 2.05) is 12.1 Å². The second kappa shape index (κ2) is 9.81. The Balaban J connectivity index is 1.70. The summed E-state index contributed by atoms with van der Waals surface area (Å²) >= 11 is 0. The molecule has 0 spiro atoms. The van der Waals surface area contributed by atoms with Crippen LogP contribution in [0.5, 0.6) is 23.0 Å². The Labute approximate surface area is 192 Å². The fourth-order valence-corrected chi connectivity index (χ4v) is 4.08. The summed E-state index contributed by atoms with van der Waals surface area (Å²) < 4.78 is 35.6. The third kappa shape index (κ3) is 4.72. The summed E-state index contributed by atoms with van der Waals surface area (Å²) in [5.74, 6) is 1.90.